The van der Waals surface area contributed by atoms with E-state index in [4.69, 9.17) is 0 Å². The van der Waals surface area contributed by atoms with E-state index >= 15 is 0 Å². The van der Waals surface area contributed by atoms with Gasteiger partial charge in [-0.3, -0.25) is 14.6 Å². The number of amides is 2. The Balaban J connectivity index is 1.39. The Labute approximate surface area is 171 Å². The van der Waals surface area contributed by atoms with E-state index in [1.54, 1.807) is 11.9 Å². The van der Waals surface area contributed by atoms with Crippen LogP contribution in [0, 0.1) is 0 Å². The maximum Gasteiger partial charge on any atom is 0.229 e. The number of aliphatic imine (C=N–C) groups is 1. The van der Waals surface area contributed by atoms with Crippen LogP contribution in [-0.4, -0.2) is 44.0 Å². The first-order valence-electron chi connectivity index (χ1n) is 9.79. The van der Waals surface area contributed by atoms with Crippen LogP contribution in [0.4, 0.5) is 5.69 Å². The van der Waals surface area contributed by atoms with Crippen LogP contribution < -0.4 is 20.9 Å². The third-order valence-corrected chi connectivity index (χ3v) is 4.73. The molecule has 1 fully saturated rings. The summed E-state index contributed by atoms with van der Waals surface area (Å²) in [6.45, 7) is 1.57. The lowest BCUT2D eigenvalue weighted by Gasteiger charge is -2.19. The average molecular weight is 393 g/mol. The number of rotatable bonds is 7. The molecule has 2 aromatic rings. The van der Waals surface area contributed by atoms with Gasteiger partial charge < -0.3 is 20.9 Å². The molecule has 3 rings (SSSR count). The van der Waals surface area contributed by atoms with Gasteiger partial charge in [0.15, 0.2) is 5.96 Å². The van der Waals surface area contributed by atoms with Crippen LogP contribution in [-0.2, 0) is 16.1 Å². The Hall–Kier alpha value is -3.35. The van der Waals surface area contributed by atoms with Crippen LogP contribution in [0.15, 0.2) is 65.7 Å². The summed E-state index contributed by atoms with van der Waals surface area (Å²) in [5.74, 6) is 0.654. The lowest BCUT2D eigenvalue weighted by Crippen LogP contribution is -2.45. The molecule has 0 aromatic heterocycles. The first kappa shape index (κ1) is 20.4. The number of carbonyl (C=O) groups excluding carboxylic acids is 2. The second-order valence-electron chi connectivity index (χ2n) is 6.90. The van der Waals surface area contributed by atoms with Gasteiger partial charge in [0, 0.05) is 45.2 Å². The van der Waals surface area contributed by atoms with E-state index < -0.39 is 0 Å². The molecule has 2 aromatic carbocycles. The summed E-state index contributed by atoms with van der Waals surface area (Å²) >= 11 is 0. The van der Waals surface area contributed by atoms with Crippen molar-refractivity contribution in [3.8, 4) is 0 Å². The Morgan fingerprint density at radius 3 is 2.45 bits per heavy atom. The molecule has 7 heteroatoms. The number of hydrogen-bond acceptors (Lipinski definition) is 3. The van der Waals surface area contributed by atoms with E-state index in [0.29, 0.717) is 38.4 Å². The fraction of sp³-hybridized carbons (Fsp3) is 0.318. The van der Waals surface area contributed by atoms with Gasteiger partial charge in [-0.2, -0.15) is 0 Å². The molecule has 2 amide bonds. The number of guanidine groups is 1. The fourth-order valence-corrected chi connectivity index (χ4v) is 3.23. The molecule has 0 radical (unpaired) electrons. The number of para-hydroxylation sites is 1. The summed E-state index contributed by atoms with van der Waals surface area (Å²) in [6, 6.07) is 19.4. The molecule has 29 heavy (non-hydrogen) atoms. The molecule has 152 valence electrons. The zero-order chi connectivity index (χ0) is 20.5. The van der Waals surface area contributed by atoms with Gasteiger partial charge in [-0.1, -0.05) is 48.5 Å². The lowest BCUT2D eigenvalue weighted by molar-refractivity contribution is -0.121. The molecular formula is C22H27N5O2. The summed E-state index contributed by atoms with van der Waals surface area (Å²) in [4.78, 5) is 30.3. The highest BCUT2D eigenvalue weighted by Gasteiger charge is 2.30. The van der Waals surface area contributed by atoms with Crippen molar-refractivity contribution in [3.05, 3.63) is 66.2 Å². The largest absolute Gasteiger partial charge is 0.356 e. The van der Waals surface area contributed by atoms with E-state index in [9.17, 15) is 9.59 Å². The van der Waals surface area contributed by atoms with E-state index in [-0.39, 0.29) is 17.9 Å². The van der Waals surface area contributed by atoms with Crippen LogP contribution in [0.2, 0.25) is 0 Å². The first-order chi connectivity index (χ1) is 14.2. The monoisotopic (exact) mass is 393 g/mol. The molecular weight excluding hydrogens is 366 g/mol. The Kier molecular flexibility index (Phi) is 7.22. The topological polar surface area (TPSA) is 85.8 Å². The van der Waals surface area contributed by atoms with Crippen molar-refractivity contribution < 1.29 is 9.59 Å². The number of benzene rings is 2. The lowest BCUT2D eigenvalue weighted by atomic mass is 10.2. The molecule has 0 aliphatic carbocycles. The van der Waals surface area contributed by atoms with Crippen LogP contribution in [0.3, 0.4) is 0 Å². The van der Waals surface area contributed by atoms with E-state index in [1.165, 1.54) is 0 Å². The van der Waals surface area contributed by atoms with Gasteiger partial charge in [-0.15, -0.1) is 0 Å². The van der Waals surface area contributed by atoms with Crippen molar-refractivity contribution in [1.29, 1.82) is 0 Å². The minimum atomic E-state index is -0.0270. The molecule has 1 aliphatic rings. The summed E-state index contributed by atoms with van der Waals surface area (Å²) in [7, 11) is 1.68. The molecule has 0 bridgehead atoms. The van der Waals surface area contributed by atoms with Gasteiger partial charge in [0.1, 0.15) is 0 Å². The molecule has 1 atom stereocenters. The van der Waals surface area contributed by atoms with Crippen LogP contribution >= 0.6 is 0 Å². The quantitative estimate of drug-likeness (QED) is 0.493. The van der Waals surface area contributed by atoms with E-state index in [0.717, 1.165) is 11.3 Å². The van der Waals surface area contributed by atoms with E-state index in [2.05, 4.69) is 20.9 Å². The van der Waals surface area contributed by atoms with Crippen molar-refractivity contribution in [2.75, 3.05) is 25.0 Å². The zero-order valence-corrected chi connectivity index (χ0v) is 16.6. The minimum absolute atomic E-state index is 0.0249. The highest BCUT2D eigenvalue weighted by Crippen LogP contribution is 2.20. The maximum atomic E-state index is 12.3. The highest BCUT2D eigenvalue weighted by molar-refractivity contribution is 5.97. The molecule has 1 heterocycles. The highest BCUT2D eigenvalue weighted by atomic mass is 16.2. The molecule has 1 unspecified atom stereocenters. The first-order valence-corrected chi connectivity index (χ1v) is 9.79. The van der Waals surface area contributed by atoms with Gasteiger partial charge >= 0.3 is 0 Å². The maximum absolute atomic E-state index is 12.3. The minimum Gasteiger partial charge on any atom is -0.356 e. The third-order valence-electron chi connectivity index (χ3n) is 4.73. The molecule has 1 saturated heterocycles. The normalized spacial score (nSPS) is 16.6. The number of anilines is 1. The molecule has 1 aliphatic heterocycles. The molecule has 3 N–H and O–H groups in total. The molecule has 7 nitrogen and oxygen atoms in total. The predicted molar refractivity (Wildman–Crippen MR) is 115 cm³/mol. The smallest absolute Gasteiger partial charge is 0.229 e. The summed E-state index contributed by atoms with van der Waals surface area (Å²) in [5, 5.41) is 9.32. The number of nitrogens with one attached hydrogen (secondary N) is 3. The summed E-state index contributed by atoms with van der Waals surface area (Å²) in [6.07, 6.45) is 0.750. The van der Waals surface area contributed by atoms with E-state index in [1.807, 2.05) is 60.7 Å². The van der Waals surface area contributed by atoms with Crippen molar-refractivity contribution >= 4 is 23.5 Å². The van der Waals surface area contributed by atoms with Gasteiger partial charge in [0.2, 0.25) is 11.8 Å². The van der Waals surface area contributed by atoms with Crippen molar-refractivity contribution in [2.45, 2.75) is 25.4 Å². The van der Waals surface area contributed by atoms with Crippen LogP contribution in [0.5, 0.6) is 0 Å². The van der Waals surface area contributed by atoms with Crippen LogP contribution in [0.25, 0.3) is 0 Å². The van der Waals surface area contributed by atoms with Gasteiger partial charge in [-0.25, -0.2) is 0 Å². The fourth-order valence-electron chi connectivity index (χ4n) is 3.23. The Morgan fingerprint density at radius 2 is 1.76 bits per heavy atom. The van der Waals surface area contributed by atoms with Crippen LogP contribution in [0.1, 0.15) is 18.4 Å². The zero-order valence-electron chi connectivity index (χ0n) is 16.6. The second kappa shape index (κ2) is 10.3. The summed E-state index contributed by atoms with van der Waals surface area (Å²) < 4.78 is 0. The molecule has 0 saturated carbocycles. The van der Waals surface area contributed by atoms with Crippen molar-refractivity contribution in [1.82, 2.24) is 16.0 Å². The Morgan fingerprint density at radius 1 is 1.07 bits per heavy atom. The summed E-state index contributed by atoms with van der Waals surface area (Å²) in [5.41, 5.74) is 1.97. The van der Waals surface area contributed by atoms with Crippen molar-refractivity contribution in [2.24, 2.45) is 4.99 Å². The second-order valence-corrected chi connectivity index (χ2v) is 6.90. The molecule has 0 spiro atoms. The Bertz CT molecular complexity index is 839. The average Bonchev–Trinajstić information content (AvgIpc) is 3.13. The number of carbonyl (C=O) groups is 2. The van der Waals surface area contributed by atoms with Gasteiger partial charge in [0.25, 0.3) is 0 Å². The SMILES string of the molecule is CN=C(NCCC(=O)NCc1ccccc1)NC1CC(=O)N(c2ccccc2)C1. The van der Waals surface area contributed by atoms with Crippen molar-refractivity contribution in [3.63, 3.8) is 0 Å². The number of nitrogens with zero attached hydrogens (tertiary/aromatic N) is 2. The predicted octanol–water partition coefficient (Wildman–Crippen LogP) is 1.66. The number of hydrogen-bond donors (Lipinski definition) is 3. The third kappa shape index (κ3) is 6.07. The van der Waals surface area contributed by atoms with Gasteiger partial charge in [0.05, 0.1) is 6.04 Å². The van der Waals surface area contributed by atoms with Gasteiger partial charge in [-0.05, 0) is 17.7 Å². The standard InChI is InChI=1S/C22H27N5O2/c1-23-22(24-13-12-20(28)25-15-17-8-4-2-5-9-17)26-18-14-21(29)27(16-18)19-10-6-3-7-11-19/h2-11,18H,12-16H2,1H3,(H,25,28)(H2,23,24,26).